The number of nitrogens with one attached hydrogen (secondary N) is 1. The monoisotopic (exact) mass is 255 g/mol. The minimum absolute atomic E-state index is 0.559. The van der Waals surface area contributed by atoms with Gasteiger partial charge in [-0.3, -0.25) is 0 Å². The highest BCUT2D eigenvalue weighted by Gasteiger charge is 2.29. The molecule has 3 unspecified atom stereocenters. The van der Waals surface area contributed by atoms with Gasteiger partial charge in [0.2, 0.25) is 0 Å². The minimum atomic E-state index is 0.559. The summed E-state index contributed by atoms with van der Waals surface area (Å²) in [6, 6.07) is 0.559. The van der Waals surface area contributed by atoms with Crippen LogP contribution in [0.3, 0.4) is 0 Å². The maximum absolute atomic E-state index is 5.61. The molecule has 2 saturated heterocycles. The second-order valence-electron chi connectivity index (χ2n) is 6.10. The van der Waals surface area contributed by atoms with Crippen molar-refractivity contribution in [3.8, 4) is 0 Å². The van der Waals surface area contributed by atoms with E-state index in [1.54, 1.807) is 0 Å². The van der Waals surface area contributed by atoms with Crippen molar-refractivity contribution in [2.24, 2.45) is 11.8 Å². The molecule has 0 spiro atoms. The van der Waals surface area contributed by atoms with Gasteiger partial charge in [0, 0.05) is 31.6 Å². The Hall–Kier alpha value is -0.160. The van der Waals surface area contributed by atoms with E-state index in [-0.39, 0.29) is 0 Å². The van der Waals surface area contributed by atoms with E-state index in [2.05, 4.69) is 36.1 Å². The summed E-state index contributed by atoms with van der Waals surface area (Å²) in [6.45, 7) is 9.96. The van der Waals surface area contributed by atoms with Crippen molar-refractivity contribution >= 4 is 0 Å². The fraction of sp³-hybridized carbons (Fsp3) is 1.00. The molecule has 0 radical (unpaired) electrons. The first-order valence-electron chi connectivity index (χ1n) is 7.37. The van der Waals surface area contributed by atoms with Gasteiger partial charge in [0.1, 0.15) is 0 Å². The van der Waals surface area contributed by atoms with Gasteiger partial charge in [-0.15, -0.1) is 0 Å². The summed E-state index contributed by atoms with van der Waals surface area (Å²) >= 11 is 0. The number of ether oxygens (including phenoxy) is 1. The Morgan fingerprint density at radius 1 is 1.33 bits per heavy atom. The molecule has 0 amide bonds. The molecule has 18 heavy (non-hydrogen) atoms. The molecule has 1 N–H and O–H groups in total. The molecule has 2 rings (SSSR count). The summed E-state index contributed by atoms with van der Waals surface area (Å²) < 4.78 is 5.61. The van der Waals surface area contributed by atoms with Gasteiger partial charge in [-0.1, -0.05) is 6.92 Å². The molecule has 2 fully saturated rings. The van der Waals surface area contributed by atoms with Crippen LogP contribution in [-0.4, -0.2) is 75.9 Å². The van der Waals surface area contributed by atoms with Gasteiger partial charge in [-0.2, -0.15) is 0 Å². The summed E-state index contributed by atoms with van der Waals surface area (Å²) in [5.41, 5.74) is 0. The van der Waals surface area contributed by atoms with E-state index in [1.165, 1.54) is 26.1 Å². The highest BCUT2D eigenvalue weighted by molar-refractivity contribution is 4.84. The Labute approximate surface area is 112 Å². The Morgan fingerprint density at radius 2 is 2.17 bits per heavy atom. The van der Waals surface area contributed by atoms with Crippen LogP contribution in [0, 0.1) is 11.8 Å². The summed E-state index contributed by atoms with van der Waals surface area (Å²) in [6.07, 6.45) is 1.36. The van der Waals surface area contributed by atoms with Gasteiger partial charge in [-0.05, 0) is 39.5 Å². The largest absolute Gasteiger partial charge is 0.379 e. The highest BCUT2D eigenvalue weighted by atomic mass is 16.5. The molecule has 0 bridgehead atoms. The van der Waals surface area contributed by atoms with E-state index in [9.17, 15) is 0 Å². The normalized spacial score (nSPS) is 33.7. The fourth-order valence-electron chi connectivity index (χ4n) is 3.36. The van der Waals surface area contributed by atoms with Gasteiger partial charge < -0.3 is 19.9 Å². The lowest BCUT2D eigenvalue weighted by Crippen LogP contribution is -2.41. The molecule has 0 aliphatic carbocycles. The van der Waals surface area contributed by atoms with E-state index in [4.69, 9.17) is 4.74 Å². The third kappa shape index (κ3) is 3.92. The maximum Gasteiger partial charge on any atom is 0.0623 e. The zero-order chi connectivity index (χ0) is 13.0. The molecule has 4 heteroatoms. The Morgan fingerprint density at radius 3 is 2.83 bits per heavy atom. The summed E-state index contributed by atoms with van der Waals surface area (Å²) in [4.78, 5) is 4.95. The molecule has 2 aliphatic rings. The smallest absolute Gasteiger partial charge is 0.0623 e. The van der Waals surface area contributed by atoms with Gasteiger partial charge >= 0.3 is 0 Å². The highest BCUT2D eigenvalue weighted by Crippen LogP contribution is 2.18. The third-order valence-corrected chi connectivity index (χ3v) is 4.27. The van der Waals surface area contributed by atoms with Crippen LogP contribution in [0.25, 0.3) is 0 Å². The van der Waals surface area contributed by atoms with Gasteiger partial charge in [0.15, 0.2) is 0 Å². The molecule has 0 aromatic rings. The molecular weight excluding hydrogens is 226 g/mol. The predicted molar refractivity (Wildman–Crippen MR) is 74.9 cm³/mol. The van der Waals surface area contributed by atoms with Crippen molar-refractivity contribution in [1.82, 2.24) is 15.1 Å². The number of nitrogens with zero attached hydrogens (tertiary/aromatic N) is 2. The van der Waals surface area contributed by atoms with E-state index >= 15 is 0 Å². The van der Waals surface area contributed by atoms with Crippen molar-refractivity contribution < 1.29 is 4.74 Å². The first-order valence-corrected chi connectivity index (χ1v) is 7.37. The van der Waals surface area contributed by atoms with Crippen LogP contribution in [0.5, 0.6) is 0 Å². The van der Waals surface area contributed by atoms with Crippen LogP contribution in [0.1, 0.15) is 13.3 Å². The van der Waals surface area contributed by atoms with E-state index in [1.807, 2.05) is 0 Å². The first-order chi connectivity index (χ1) is 8.69. The SMILES string of the molecule is CCNC1COCC1CN(C)CC1CCN(C)C1. The molecule has 0 saturated carbocycles. The Kier molecular flexibility index (Phi) is 5.42. The van der Waals surface area contributed by atoms with Crippen LogP contribution >= 0.6 is 0 Å². The lowest BCUT2D eigenvalue weighted by atomic mass is 10.0. The van der Waals surface area contributed by atoms with Gasteiger partial charge in [0.05, 0.1) is 13.2 Å². The first kappa shape index (κ1) is 14.3. The lowest BCUT2D eigenvalue weighted by molar-refractivity contribution is 0.169. The molecule has 0 aromatic heterocycles. The second kappa shape index (κ2) is 6.85. The number of likely N-dealkylation sites (tertiary alicyclic amines) is 1. The molecule has 4 nitrogen and oxygen atoms in total. The van der Waals surface area contributed by atoms with E-state index in [0.717, 1.165) is 32.2 Å². The average molecular weight is 255 g/mol. The molecule has 2 heterocycles. The van der Waals surface area contributed by atoms with Crippen molar-refractivity contribution in [2.45, 2.75) is 19.4 Å². The number of hydrogen-bond acceptors (Lipinski definition) is 4. The molecule has 106 valence electrons. The summed E-state index contributed by atoms with van der Waals surface area (Å²) in [5.74, 6) is 1.52. The van der Waals surface area contributed by atoms with Crippen molar-refractivity contribution in [3.05, 3.63) is 0 Å². The topological polar surface area (TPSA) is 27.7 Å². The molecule has 0 aromatic carbocycles. The second-order valence-corrected chi connectivity index (χ2v) is 6.10. The zero-order valence-corrected chi connectivity index (χ0v) is 12.2. The van der Waals surface area contributed by atoms with Crippen molar-refractivity contribution in [2.75, 3.05) is 60.0 Å². The standard InChI is InChI=1S/C14H29N3O/c1-4-15-14-11-18-10-13(14)9-17(3)8-12-5-6-16(2)7-12/h12-15H,4-11H2,1-3H3. The van der Waals surface area contributed by atoms with Crippen LogP contribution in [0.15, 0.2) is 0 Å². The number of hydrogen-bond donors (Lipinski definition) is 1. The maximum atomic E-state index is 5.61. The van der Waals surface area contributed by atoms with E-state index in [0.29, 0.717) is 12.0 Å². The van der Waals surface area contributed by atoms with Gasteiger partial charge in [-0.25, -0.2) is 0 Å². The van der Waals surface area contributed by atoms with E-state index < -0.39 is 0 Å². The molecule has 3 atom stereocenters. The minimum Gasteiger partial charge on any atom is -0.379 e. The average Bonchev–Trinajstić information content (AvgIpc) is 2.90. The van der Waals surface area contributed by atoms with Crippen LogP contribution < -0.4 is 5.32 Å². The van der Waals surface area contributed by atoms with Crippen LogP contribution in [0.4, 0.5) is 0 Å². The lowest BCUT2D eigenvalue weighted by Gasteiger charge is -2.26. The predicted octanol–water partition coefficient (Wildman–Crippen LogP) is 0.494. The number of rotatable bonds is 6. The fourth-order valence-corrected chi connectivity index (χ4v) is 3.36. The zero-order valence-electron chi connectivity index (χ0n) is 12.2. The molecular formula is C14H29N3O. The summed E-state index contributed by atoms with van der Waals surface area (Å²) in [5, 5.41) is 3.54. The van der Waals surface area contributed by atoms with Crippen molar-refractivity contribution in [1.29, 1.82) is 0 Å². The Balaban J connectivity index is 1.71. The Bertz CT molecular complexity index is 249. The number of likely N-dealkylation sites (N-methyl/N-ethyl adjacent to an activating group) is 1. The third-order valence-electron chi connectivity index (χ3n) is 4.27. The van der Waals surface area contributed by atoms with Gasteiger partial charge in [0.25, 0.3) is 0 Å². The summed E-state index contributed by atoms with van der Waals surface area (Å²) in [7, 11) is 4.49. The molecule has 2 aliphatic heterocycles. The quantitative estimate of drug-likeness (QED) is 0.748. The van der Waals surface area contributed by atoms with Crippen molar-refractivity contribution in [3.63, 3.8) is 0 Å². The van der Waals surface area contributed by atoms with Crippen LogP contribution in [0.2, 0.25) is 0 Å². The van der Waals surface area contributed by atoms with Crippen LogP contribution in [-0.2, 0) is 4.74 Å².